The van der Waals surface area contributed by atoms with E-state index >= 15 is 0 Å². The highest BCUT2D eigenvalue weighted by Gasteiger charge is 2.45. The Morgan fingerprint density at radius 1 is 1.02 bits per heavy atom. The number of hydrogen-bond donors (Lipinski definition) is 4. The van der Waals surface area contributed by atoms with Gasteiger partial charge >= 0.3 is 12.1 Å². The van der Waals surface area contributed by atoms with Crippen molar-refractivity contribution in [2.75, 3.05) is 18.5 Å². The number of fused-ring (bicyclic) bond motifs is 1. The molecular formula is C34H41FN4O6. The molecule has 240 valence electrons. The van der Waals surface area contributed by atoms with Gasteiger partial charge in [0, 0.05) is 35.0 Å². The molecule has 10 nitrogen and oxygen atoms in total. The molecule has 2 heterocycles. The zero-order valence-corrected chi connectivity index (χ0v) is 25.8. The summed E-state index contributed by atoms with van der Waals surface area (Å²) in [6.07, 6.45) is 2.19. The van der Waals surface area contributed by atoms with Crippen molar-refractivity contribution in [2.45, 2.75) is 76.5 Å². The van der Waals surface area contributed by atoms with Gasteiger partial charge in [-0.2, -0.15) is 0 Å². The second-order valence-corrected chi connectivity index (χ2v) is 13.1. The van der Waals surface area contributed by atoms with Crippen molar-refractivity contribution in [3.63, 3.8) is 0 Å². The highest BCUT2D eigenvalue weighted by atomic mass is 19.1. The number of amides is 3. The van der Waals surface area contributed by atoms with Crippen molar-refractivity contribution in [3.05, 3.63) is 65.9 Å². The fraction of sp³-hybridized carbons (Fsp3) is 0.471. The average molecular weight is 621 g/mol. The second kappa shape index (κ2) is 13.3. The van der Waals surface area contributed by atoms with Gasteiger partial charge in [-0.05, 0) is 88.6 Å². The third kappa shape index (κ3) is 7.46. The van der Waals surface area contributed by atoms with Crippen molar-refractivity contribution < 1.29 is 33.4 Å². The number of alkyl carbamates (subject to hydrolysis) is 1. The number of ether oxygens (including phenoxy) is 1. The van der Waals surface area contributed by atoms with E-state index in [1.54, 1.807) is 43.9 Å². The summed E-state index contributed by atoms with van der Waals surface area (Å²) in [5.74, 6) is -2.09. The summed E-state index contributed by atoms with van der Waals surface area (Å²) >= 11 is 0. The summed E-state index contributed by atoms with van der Waals surface area (Å²) in [7, 11) is 0. The van der Waals surface area contributed by atoms with E-state index in [9.17, 15) is 28.7 Å². The second-order valence-electron chi connectivity index (χ2n) is 13.1. The van der Waals surface area contributed by atoms with Crippen LogP contribution in [0.4, 0.5) is 14.9 Å². The minimum absolute atomic E-state index is 0.0540. The summed E-state index contributed by atoms with van der Waals surface area (Å²) in [6.45, 7) is 4.96. The number of carbonyl (C=O) groups excluding carboxylic acids is 3. The Bertz CT molecular complexity index is 1540. The number of nitrogens with one attached hydrogen (secondary N) is 3. The van der Waals surface area contributed by atoms with Gasteiger partial charge in [-0.3, -0.25) is 9.59 Å². The number of alkyl halides is 1. The molecule has 2 fully saturated rings. The van der Waals surface area contributed by atoms with Crippen LogP contribution in [0.25, 0.3) is 10.9 Å². The van der Waals surface area contributed by atoms with Gasteiger partial charge in [0.1, 0.15) is 24.0 Å². The highest BCUT2D eigenvalue weighted by molar-refractivity contribution is 6.01. The molecular weight excluding hydrogens is 579 g/mol. The fourth-order valence-corrected chi connectivity index (χ4v) is 6.70. The minimum Gasteiger partial charge on any atom is -0.477 e. The number of likely N-dealkylation sites (tertiary alicyclic amines) is 1. The predicted molar refractivity (Wildman–Crippen MR) is 168 cm³/mol. The third-order valence-electron chi connectivity index (χ3n) is 8.85. The molecule has 4 N–H and O–H groups in total. The van der Waals surface area contributed by atoms with E-state index in [1.807, 2.05) is 30.3 Å². The Morgan fingerprint density at radius 2 is 1.73 bits per heavy atom. The first-order valence-electron chi connectivity index (χ1n) is 15.5. The average Bonchev–Trinajstić information content (AvgIpc) is 3.64. The molecule has 5 rings (SSSR count). The molecule has 3 atom stereocenters. The lowest BCUT2D eigenvalue weighted by atomic mass is 9.78. The van der Waals surface area contributed by atoms with E-state index in [2.05, 4.69) is 15.6 Å². The normalized spacial score (nSPS) is 22.5. The van der Waals surface area contributed by atoms with Crippen molar-refractivity contribution in [3.8, 4) is 0 Å². The number of halogens is 1. The van der Waals surface area contributed by atoms with Gasteiger partial charge in [0.2, 0.25) is 11.8 Å². The number of hydrogen-bond acceptors (Lipinski definition) is 5. The highest BCUT2D eigenvalue weighted by Crippen LogP contribution is 2.39. The number of aromatic carboxylic acids is 1. The van der Waals surface area contributed by atoms with Crippen molar-refractivity contribution in [1.29, 1.82) is 0 Å². The van der Waals surface area contributed by atoms with Crippen LogP contribution < -0.4 is 10.6 Å². The van der Waals surface area contributed by atoms with Crippen LogP contribution in [0.3, 0.4) is 0 Å². The Hall–Kier alpha value is -4.41. The molecule has 1 saturated heterocycles. The molecule has 0 spiro atoms. The first-order valence-corrected chi connectivity index (χ1v) is 15.5. The lowest BCUT2D eigenvalue weighted by Gasteiger charge is -2.36. The minimum atomic E-state index is -1.07. The van der Waals surface area contributed by atoms with Crippen LogP contribution in [0.2, 0.25) is 0 Å². The van der Waals surface area contributed by atoms with E-state index in [-0.39, 0.29) is 35.3 Å². The van der Waals surface area contributed by atoms with E-state index in [4.69, 9.17) is 4.74 Å². The molecule has 0 radical (unpaired) electrons. The van der Waals surface area contributed by atoms with Crippen molar-refractivity contribution in [2.24, 2.45) is 11.8 Å². The van der Waals surface area contributed by atoms with Gasteiger partial charge in [-0.15, -0.1) is 0 Å². The summed E-state index contributed by atoms with van der Waals surface area (Å²) in [6, 6.07) is 14.9. The van der Waals surface area contributed by atoms with E-state index in [1.165, 1.54) is 6.07 Å². The van der Waals surface area contributed by atoms with Crippen LogP contribution >= 0.6 is 0 Å². The molecule has 1 aromatic heterocycles. The SMILES string of the molecule is CC(C)(C)OC(=O)N[C@H](CF)C1CCC(C(=O)N2CC[C@@H](c3ccccc3)[C@H]2C(=O)Nc2ccc3[nH]c(C(=O)O)cc3c2)CC1. The van der Waals surface area contributed by atoms with Crippen LogP contribution in [0.15, 0.2) is 54.6 Å². The number of H-pyrrole nitrogens is 1. The molecule has 2 aliphatic rings. The molecule has 2 aromatic carbocycles. The molecule has 3 amide bonds. The first kappa shape index (κ1) is 32.0. The molecule has 45 heavy (non-hydrogen) atoms. The monoisotopic (exact) mass is 620 g/mol. The number of rotatable bonds is 8. The lowest BCUT2D eigenvalue weighted by molar-refractivity contribution is -0.141. The number of carboxylic acid groups (broad SMARTS) is 1. The van der Waals surface area contributed by atoms with Crippen LogP contribution in [-0.2, 0) is 14.3 Å². The number of aromatic nitrogens is 1. The standard InChI is InChI=1S/C34H41FN4O6/c1-34(2,3)45-33(44)38-28(19-35)21-9-11-22(12-10-21)31(41)39-16-15-25(20-7-5-4-6-8-20)29(39)30(40)36-24-13-14-26-23(17-24)18-27(37-26)32(42)43/h4-8,13-14,17-18,21-22,25,28-29,37H,9-12,15-16,19H2,1-3H3,(H,36,40)(H,38,44)(H,42,43)/t21?,22?,25-,28+,29-/m0/s1. The summed E-state index contributed by atoms with van der Waals surface area (Å²) in [4.78, 5) is 56.1. The van der Waals surface area contributed by atoms with Gasteiger partial charge in [-0.1, -0.05) is 30.3 Å². The smallest absolute Gasteiger partial charge is 0.407 e. The van der Waals surface area contributed by atoms with Crippen LogP contribution in [0.5, 0.6) is 0 Å². The number of anilines is 1. The zero-order chi connectivity index (χ0) is 32.3. The maximum absolute atomic E-state index is 14.0. The topological polar surface area (TPSA) is 141 Å². The fourth-order valence-electron chi connectivity index (χ4n) is 6.70. The number of aromatic amines is 1. The largest absolute Gasteiger partial charge is 0.477 e. The van der Waals surface area contributed by atoms with E-state index in [0.29, 0.717) is 55.2 Å². The Morgan fingerprint density at radius 3 is 2.38 bits per heavy atom. The Labute approximate surface area is 261 Å². The summed E-state index contributed by atoms with van der Waals surface area (Å²) < 4.78 is 19.3. The quantitative estimate of drug-likeness (QED) is 0.249. The predicted octanol–water partition coefficient (Wildman–Crippen LogP) is 5.86. The van der Waals surface area contributed by atoms with Crippen LogP contribution in [0.1, 0.15) is 74.8 Å². The molecule has 0 bridgehead atoms. The third-order valence-corrected chi connectivity index (χ3v) is 8.85. The Kier molecular flexibility index (Phi) is 9.45. The molecule has 1 aliphatic carbocycles. The molecule has 1 aliphatic heterocycles. The molecule has 3 aromatic rings. The molecule has 0 unspecified atom stereocenters. The van der Waals surface area contributed by atoms with Crippen LogP contribution in [-0.4, -0.2) is 69.8 Å². The molecule has 1 saturated carbocycles. The van der Waals surface area contributed by atoms with E-state index < -0.39 is 36.4 Å². The first-order chi connectivity index (χ1) is 21.4. The van der Waals surface area contributed by atoms with Gasteiger partial charge in [0.25, 0.3) is 0 Å². The zero-order valence-electron chi connectivity index (χ0n) is 25.8. The number of benzene rings is 2. The van der Waals surface area contributed by atoms with Crippen LogP contribution in [0, 0.1) is 11.8 Å². The van der Waals surface area contributed by atoms with Crippen molar-refractivity contribution >= 4 is 40.5 Å². The number of carboxylic acids is 1. The van der Waals surface area contributed by atoms with Gasteiger partial charge < -0.3 is 30.4 Å². The van der Waals surface area contributed by atoms with Gasteiger partial charge in [0.05, 0.1) is 6.04 Å². The maximum atomic E-state index is 14.0. The van der Waals surface area contributed by atoms with Crippen molar-refractivity contribution in [1.82, 2.24) is 15.2 Å². The maximum Gasteiger partial charge on any atom is 0.407 e. The lowest BCUT2D eigenvalue weighted by Crippen LogP contribution is -2.49. The Balaban J connectivity index is 1.29. The number of nitrogens with zero attached hydrogens (tertiary/aromatic N) is 1. The van der Waals surface area contributed by atoms with Gasteiger partial charge in [-0.25, -0.2) is 14.0 Å². The van der Waals surface area contributed by atoms with E-state index in [0.717, 1.165) is 5.56 Å². The summed E-state index contributed by atoms with van der Waals surface area (Å²) in [5.41, 5.74) is 1.48. The summed E-state index contributed by atoms with van der Waals surface area (Å²) in [5, 5.41) is 15.6. The van der Waals surface area contributed by atoms with Gasteiger partial charge in [0.15, 0.2) is 0 Å². The number of carbonyl (C=O) groups is 4. The molecule has 11 heteroatoms.